The molecule has 0 spiro atoms. The molecule has 3 heteroatoms. The van der Waals surface area contributed by atoms with Crippen molar-refractivity contribution in [1.29, 1.82) is 0 Å². The molecule has 0 aromatic carbocycles. The highest BCUT2D eigenvalue weighted by Gasteiger charge is 2.25. The van der Waals surface area contributed by atoms with Gasteiger partial charge in [-0.3, -0.25) is 0 Å². The molecule has 66 valence electrons. The lowest BCUT2D eigenvalue weighted by molar-refractivity contribution is 0.120. The van der Waals surface area contributed by atoms with Gasteiger partial charge in [-0.15, -0.1) is 0 Å². The first kappa shape index (κ1) is 8.94. The molecule has 2 atom stereocenters. The molecule has 1 aliphatic rings. The second kappa shape index (κ2) is 4.02. The summed E-state index contributed by atoms with van der Waals surface area (Å²) < 4.78 is 13.0. The Labute approximate surface area is 67.6 Å². The monoisotopic (exact) mass is 160 g/mol. The fraction of sp³-hybridized carbons (Fsp3) is 1.00. The van der Waals surface area contributed by atoms with Gasteiger partial charge in [0.25, 0.3) is 0 Å². The number of alkyl halides is 1. The predicted molar refractivity (Wildman–Crippen MR) is 44.2 cm³/mol. The first-order valence-electron chi connectivity index (χ1n) is 4.36. The van der Waals surface area contributed by atoms with E-state index < -0.39 is 6.17 Å². The smallest absolute Gasteiger partial charge is 0.128 e. The Balaban J connectivity index is 2.28. The van der Waals surface area contributed by atoms with Crippen molar-refractivity contribution in [3.05, 3.63) is 0 Å². The van der Waals surface area contributed by atoms with Gasteiger partial charge in [-0.2, -0.15) is 0 Å². The van der Waals surface area contributed by atoms with E-state index in [0.717, 1.165) is 25.9 Å². The maximum atomic E-state index is 13.0. The minimum atomic E-state index is -0.810. The van der Waals surface area contributed by atoms with E-state index in [9.17, 15) is 4.39 Å². The molecular weight excluding hydrogens is 143 g/mol. The Morgan fingerprint density at radius 1 is 1.64 bits per heavy atom. The third-order valence-corrected chi connectivity index (χ3v) is 2.22. The van der Waals surface area contributed by atoms with E-state index in [4.69, 9.17) is 5.73 Å². The van der Waals surface area contributed by atoms with Crippen LogP contribution in [0.1, 0.15) is 19.8 Å². The zero-order valence-electron chi connectivity index (χ0n) is 7.09. The Morgan fingerprint density at radius 2 is 2.36 bits per heavy atom. The van der Waals surface area contributed by atoms with Crippen molar-refractivity contribution in [1.82, 2.24) is 4.90 Å². The minimum Gasteiger partial charge on any atom is -0.325 e. The van der Waals surface area contributed by atoms with Crippen molar-refractivity contribution in [2.24, 2.45) is 5.73 Å². The second-order valence-electron chi connectivity index (χ2n) is 3.27. The van der Waals surface area contributed by atoms with Crippen LogP contribution in [0.25, 0.3) is 0 Å². The molecule has 0 amide bonds. The lowest BCUT2D eigenvalue weighted by Crippen LogP contribution is -2.48. The summed E-state index contributed by atoms with van der Waals surface area (Å²) in [5.41, 5.74) is 5.53. The van der Waals surface area contributed by atoms with Gasteiger partial charge in [0.2, 0.25) is 0 Å². The van der Waals surface area contributed by atoms with Crippen LogP contribution in [0.5, 0.6) is 0 Å². The first-order chi connectivity index (χ1) is 5.24. The van der Waals surface area contributed by atoms with Gasteiger partial charge in [0, 0.05) is 12.6 Å². The van der Waals surface area contributed by atoms with Crippen molar-refractivity contribution in [2.75, 3.05) is 19.6 Å². The van der Waals surface area contributed by atoms with Crippen molar-refractivity contribution in [3.63, 3.8) is 0 Å². The van der Waals surface area contributed by atoms with Crippen LogP contribution in [0.2, 0.25) is 0 Å². The Hall–Kier alpha value is -0.150. The van der Waals surface area contributed by atoms with E-state index in [1.54, 1.807) is 0 Å². The topological polar surface area (TPSA) is 29.3 Å². The molecule has 2 N–H and O–H groups in total. The summed E-state index contributed by atoms with van der Waals surface area (Å²) in [6.07, 6.45) is 1.10. The van der Waals surface area contributed by atoms with E-state index >= 15 is 0 Å². The van der Waals surface area contributed by atoms with Crippen LogP contribution < -0.4 is 5.73 Å². The van der Waals surface area contributed by atoms with Crippen molar-refractivity contribution < 1.29 is 4.39 Å². The van der Waals surface area contributed by atoms with Gasteiger partial charge in [-0.25, -0.2) is 4.39 Å². The van der Waals surface area contributed by atoms with E-state index in [2.05, 4.69) is 11.8 Å². The van der Waals surface area contributed by atoms with Gasteiger partial charge in [0.1, 0.15) is 6.17 Å². The normalized spacial score (nSPS) is 34.1. The molecule has 0 radical (unpaired) electrons. The lowest BCUT2D eigenvalue weighted by Gasteiger charge is -2.32. The van der Waals surface area contributed by atoms with Crippen LogP contribution in [-0.4, -0.2) is 36.7 Å². The molecule has 0 aliphatic carbocycles. The molecule has 0 bridgehead atoms. The van der Waals surface area contributed by atoms with Crippen LogP contribution in [0.4, 0.5) is 4.39 Å². The predicted octanol–water partition coefficient (Wildman–Crippen LogP) is 0.767. The first-order valence-corrected chi connectivity index (χ1v) is 4.36. The standard InChI is InChI=1S/C8H17FN2/c1-2-4-11-5-3-8(10)7(9)6-11/h7-8H,2-6,10H2,1H3/t7-,8+/m1/s1. The molecule has 1 fully saturated rings. The van der Waals surface area contributed by atoms with Crippen molar-refractivity contribution in [3.8, 4) is 0 Å². The zero-order chi connectivity index (χ0) is 8.27. The van der Waals surface area contributed by atoms with E-state index in [1.165, 1.54) is 0 Å². The van der Waals surface area contributed by atoms with Crippen molar-refractivity contribution >= 4 is 0 Å². The molecule has 1 saturated heterocycles. The van der Waals surface area contributed by atoms with Crippen LogP contribution in [0.15, 0.2) is 0 Å². The quantitative estimate of drug-likeness (QED) is 0.646. The lowest BCUT2D eigenvalue weighted by atomic mass is 10.0. The fourth-order valence-corrected chi connectivity index (χ4v) is 1.51. The highest BCUT2D eigenvalue weighted by molar-refractivity contribution is 4.82. The van der Waals surface area contributed by atoms with E-state index in [-0.39, 0.29) is 6.04 Å². The average Bonchev–Trinajstić information content (AvgIpc) is 1.98. The van der Waals surface area contributed by atoms with Crippen LogP contribution in [0.3, 0.4) is 0 Å². The summed E-state index contributed by atoms with van der Waals surface area (Å²) in [6.45, 7) is 4.62. The molecule has 1 heterocycles. The zero-order valence-corrected chi connectivity index (χ0v) is 7.09. The van der Waals surface area contributed by atoms with Gasteiger partial charge in [-0.1, -0.05) is 6.92 Å². The van der Waals surface area contributed by atoms with Crippen molar-refractivity contribution in [2.45, 2.75) is 32.0 Å². The molecule has 0 unspecified atom stereocenters. The van der Waals surface area contributed by atoms with Crippen LogP contribution in [0, 0.1) is 0 Å². The van der Waals surface area contributed by atoms with Gasteiger partial charge in [0.15, 0.2) is 0 Å². The molecular formula is C8H17FN2. The average molecular weight is 160 g/mol. The van der Waals surface area contributed by atoms with Gasteiger partial charge in [0.05, 0.1) is 0 Å². The molecule has 0 saturated carbocycles. The SMILES string of the molecule is CCCN1CC[C@H](N)[C@H](F)C1. The largest absolute Gasteiger partial charge is 0.325 e. The molecule has 0 aromatic heterocycles. The van der Waals surface area contributed by atoms with Crippen LogP contribution in [-0.2, 0) is 0 Å². The minimum absolute atomic E-state index is 0.219. The summed E-state index contributed by atoms with van der Waals surface area (Å²) in [7, 11) is 0. The number of piperidine rings is 1. The number of hydrogen-bond donors (Lipinski definition) is 1. The Kier molecular flexibility index (Phi) is 3.27. The summed E-state index contributed by atoms with van der Waals surface area (Å²) >= 11 is 0. The number of halogens is 1. The highest BCUT2D eigenvalue weighted by atomic mass is 19.1. The number of rotatable bonds is 2. The van der Waals surface area contributed by atoms with Gasteiger partial charge < -0.3 is 10.6 Å². The third-order valence-electron chi connectivity index (χ3n) is 2.22. The number of hydrogen-bond acceptors (Lipinski definition) is 2. The summed E-state index contributed by atoms with van der Waals surface area (Å²) in [4.78, 5) is 2.15. The van der Waals surface area contributed by atoms with Gasteiger partial charge >= 0.3 is 0 Å². The second-order valence-corrected chi connectivity index (χ2v) is 3.27. The van der Waals surface area contributed by atoms with Gasteiger partial charge in [-0.05, 0) is 25.9 Å². The highest BCUT2D eigenvalue weighted by Crippen LogP contribution is 2.11. The number of likely N-dealkylation sites (tertiary alicyclic amines) is 1. The Bertz CT molecular complexity index is 119. The molecule has 1 aliphatic heterocycles. The number of nitrogens with zero attached hydrogens (tertiary/aromatic N) is 1. The summed E-state index contributed by atoms with van der Waals surface area (Å²) in [5.74, 6) is 0. The molecule has 11 heavy (non-hydrogen) atoms. The van der Waals surface area contributed by atoms with Crippen LogP contribution >= 0.6 is 0 Å². The maximum Gasteiger partial charge on any atom is 0.128 e. The fourth-order valence-electron chi connectivity index (χ4n) is 1.51. The van der Waals surface area contributed by atoms with E-state index in [0.29, 0.717) is 6.54 Å². The molecule has 1 rings (SSSR count). The number of nitrogens with two attached hydrogens (primary N) is 1. The summed E-state index contributed by atoms with van der Waals surface area (Å²) in [6, 6.07) is -0.219. The van der Waals surface area contributed by atoms with E-state index in [1.807, 2.05) is 0 Å². The summed E-state index contributed by atoms with van der Waals surface area (Å²) in [5, 5.41) is 0. The molecule has 0 aromatic rings. The Morgan fingerprint density at radius 3 is 2.91 bits per heavy atom. The maximum absolute atomic E-state index is 13.0. The molecule has 2 nitrogen and oxygen atoms in total. The third kappa shape index (κ3) is 2.42.